The zero-order valence-corrected chi connectivity index (χ0v) is 17.5. The SMILES string of the molecule is O=C(CSc1nc2ccccc2s1)N1CCN(Cc2ccc3c(c2)OCO3)CC1. The molecule has 0 saturated carbocycles. The summed E-state index contributed by atoms with van der Waals surface area (Å²) in [6, 6.07) is 14.2. The van der Waals surface area contributed by atoms with Crippen LogP contribution in [0, 0.1) is 0 Å². The van der Waals surface area contributed by atoms with E-state index in [0.717, 1.165) is 54.1 Å². The number of hydrogen-bond acceptors (Lipinski definition) is 7. The molecule has 2 aromatic carbocycles. The van der Waals surface area contributed by atoms with Crippen molar-refractivity contribution >= 4 is 39.2 Å². The van der Waals surface area contributed by atoms with E-state index in [0.29, 0.717) is 12.5 Å². The Hall–Kier alpha value is -2.29. The Bertz CT molecular complexity index is 998. The van der Waals surface area contributed by atoms with E-state index in [1.165, 1.54) is 22.0 Å². The highest BCUT2D eigenvalue weighted by Gasteiger charge is 2.22. The lowest BCUT2D eigenvalue weighted by molar-refractivity contribution is -0.130. The third-order valence-corrected chi connectivity index (χ3v) is 7.33. The van der Waals surface area contributed by atoms with Gasteiger partial charge in [0.05, 0.1) is 16.0 Å². The summed E-state index contributed by atoms with van der Waals surface area (Å²) in [5, 5.41) is 0. The largest absolute Gasteiger partial charge is 0.454 e. The molecule has 0 aliphatic carbocycles. The van der Waals surface area contributed by atoms with Gasteiger partial charge in [0.2, 0.25) is 12.7 Å². The summed E-state index contributed by atoms with van der Waals surface area (Å²) in [6.45, 7) is 4.46. The fourth-order valence-corrected chi connectivity index (χ4v) is 5.55. The second-order valence-electron chi connectivity index (χ2n) is 7.08. The standard InChI is InChI=1S/C21H21N3O3S2/c25-20(13-28-21-22-16-3-1-2-4-19(16)29-21)24-9-7-23(8-10-24)12-15-5-6-17-18(11-15)27-14-26-17/h1-6,11H,7-10,12-14H2. The molecule has 150 valence electrons. The van der Waals surface area contributed by atoms with Crippen molar-refractivity contribution < 1.29 is 14.3 Å². The number of thioether (sulfide) groups is 1. The molecule has 0 bridgehead atoms. The number of aromatic nitrogens is 1. The number of amides is 1. The van der Waals surface area contributed by atoms with Gasteiger partial charge in [-0.2, -0.15) is 0 Å². The number of hydrogen-bond donors (Lipinski definition) is 0. The summed E-state index contributed by atoms with van der Waals surface area (Å²) in [5.74, 6) is 2.28. The summed E-state index contributed by atoms with van der Waals surface area (Å²) in [4.78, 5) is 21.6. The molecule has 0 spiro atoms. The van der Waals surface area contributed by atoms with E-state index in [4.69, 9.17) is 9.47 Å². The molecule has 3 aromatic rings. The first kappa shape index (κ1) is 18.7. The second kappa shape index (κ2) is 8.22. The third kappa shape index (κ3) is 4.19. The van der Waals surface area contributed by atoms with Crippen molar-refractivity contribution in [1.82, 2.24) is 14.8 Å². The van der Waals surface area contributed by atoms with Gasteiger partial charge in [-0.1, -0.05) is 30.0 Å². The van der Waals surface area contributed by atoms with Crippen LogP contribution < -0.4 is 9.47 Å². The van der Waals surface area contributed by atoms with Gasteiger partial charge in [0.1, 0.15) is 0 Å². The molecule has 2 aliphatic rings. The molecule has 8 heteroatoms. The fourth-order valence-electron chi connectivity index (χ4n) is 3.58. The van der Waals surface area contributed by atoms with Crippen LogP contribution in [0.5, 0.6) is 11.5 Å². The van der Waals surface area contributed by atoms with E-state index in [2.05, 4.69) is 28.1 Å². The van der Waals surface area contributed by atoms with E-state index in [1.54, 1.807) is 11.3 Å². The van der Waals surface area contributed by atoms with Gasteiger partial charge in [-0.15, -0.1) is 11.3 Å². The predicted molar refractivity (Wildman–Crippen MR) is 115 cm³/mol. The number of para-hydroxylation sites is 1. The van der Waals surface area contributed by atoms with Gasteiger partial charge >= 0.3 is 0 Å². The van der Waals surface area contributed by atoms with Crippen LogP contribution in [0.4, 0.5) is 0 Å². The van der Waals surface area contributed by atoms with Crippen molar-refractivity contribution in [2.45, 2.75) is 10.9 Å². The van der Waals surface area contributed by atoms with Gasteiger partial charge in [-0.05, 0) is 29.8 Å². The lowest BCUT2D eigenvalue weighted by atomic mass is 10.1. The lowest BCUT2D eigenvalue weighted by Crippen LogP contribution is -2.48. The molecule has 1 fully saturated rings. The number of carbonyl (C=O) groups excluding carboxylic acids is 1. The number of carbonyl (C=O) groups is 1. The molecular weight excluding hydrogens is 406 g/mol. The van der Waals surface area contributed by atoms with Crippen LogP contribution in [0.15, 0.2) is 46.8 Å². The molecule has 3 heterocycles. The van der Waals surface area contributed by atoms with E-state index in [9.17, 15) is 4.79 Å². The molecule has 0 N–H and O–H groups in total. The van der Waals surface area contributed by atoms with Gasteiger partial charge in [-0.3, -0.25) is 9.69 Å². The average Bonchev–Trinajstić information content (AvgIpc) is 3.38. The number of nitrogens with zero attached hydrogens (tertiary/aromatic N) is 3. The maximum Gasteiger partial charge on any atom is 0.233 e. The molecule has 2 aliphatic heterocycles. The van der Waals surface area contributed by atoms with Gasteiger partial charge < -0.3 is 14.4 Å². The number of fused-ring (bicyclic) bond motifs is 2. The van der Waals surface area contributed by atoms with Crippen LogP contribution in [0.2, 0.25) is 0 Å². The fraction of sp³-hybridized carbons (Fsp3) is 0.333. The van der Waals surface area contributed by atoms with E-state index >= 15 is 0 Å². The van der Waals surface area contributed by atoms with E-state index in [-0.39, 0.29) is 5.91 Å². The number of ether oxygens (including phenoxy) is 2. The Kier molecular flexibility index (Phi) is 5.30. The molecule has 6 nitrogen and oxygen atoms in total. The zero-order valence-electron chi connectivity index (χ0n) is 15.9. The number of piperazine rings is 1. The van der Waals surface area contributed by atoms with Gasteiger partial charge in [0.15, 0.2) is 15.8 Å². The Labute approximate surface area is 177 Å². The summed E-state index contributed by atoms with van der Waals surface area (Å²) < 4.78 is 13.0. The van der Waals surface area contributed by atoms with Crippen LogP contribution in [0.3, 0.4) is 0 Å². The molecule has 1 saturated heterocycles. The van der Waals surface area contributed by atoms with Crippen LogP contribution in [0.25, 0.3) is 10.2 Å². The van der Waals surface area contributed by atoms with Crippen molar-refractivity contribution in [2.75, 3.05) is 38.7 Å². The van der Waals surface area contributed by atoms with Gasteiger partial charge in [0.25, 0.3) is 0 Å². The molecule has 1 aromatic heterocycles. The van der Waals surface area contributed by atoms with Crippen LogP contribution in [0.1, 0.15) is 5.56 Å². The van der Waals surface area contributed by atoms with Crippen molar-refractivity contribution in [3.05, 3.63) is 48.0 Å². The van der Waals surface area contributed by atoms with Gasteiger partial charge in [0, 0.05) is 32.7 Å². The average molecular weight is 428 g/mol. The molecule has 0 unspecified atom stereocenters. The summed E-state index contributed by atoms with van der Waals surface area (Å²) in [5.41, 5.74) is 2.21. The Balaban J connectivity index is 1.11. The molecule has 1 amide bonds. The quantitative estimate of drug-likeness (QED) is 0.582. The summed E-state index contributed by atoms with van der Waals surface area (Å²) in [6.07, 6.45) is 0. The van der Waals surface area contributed by atoms with Crippen molar-refractivity contribution in [3.8, 4) is 11.5 Å². The Morgan fingerprint density at radius 2 is 1.90 bits per heavy atom. The summed E-state index contributed by atoms with van der Waals surface area (Å²) >= 11 is 3.19. The van der Waals surface area contributed by atoms with Crippen molar-refractivity contribution in [2.24, 2.45) is 0 Å². The minimum atomic E-state index is 0.192. The summed E-state index contributed by atoms with van der Waals surface area (Å²) in [7, 11) is 0. The predicted octanol–water partition coefficient (Wildman–Crippen LogP) is 3.46. The zero-order chi connectivity index (χ0) is 19.6. The maximum atomic E-state index is 12.6. The highest BCUT2D eigenvalue weighted by atomic mass is 32.2. The van der Waals surface area contributed by atoms with Crippen LogP contribution >= 0.6 is 23.1 Å². The molecular formula is C21H21N3O3S2. The highest BCUT2D eigenvalue weighted by molar-refractivity contribution is 8.01. The van der Waals surface area contributed by atoms with Crippen molar-refractivity contribution in [1.29, 1.82) is 0 Å². The van der Waals surface area contributed by atoms with E-state index in [1.807, 2.05) is 29.2 Å². The minimum absolute atomic E-state index is 0.192. The maximum absolute atomic E-state index is 12.6. The van der Waals surface area contributed by atoms with Crippen molar-refractivity contribution in [3.63, 3.8) is 0 Å². The first-order chi connectivity index (χ1) is 14.2. The van der Waals surface area contributed by atoms with E-state index < -0.39 is 0 Å². The normalized spacial score (nSPS) is 16.5. The number of rotatable bonds is 5. The van der Waals surface area contributed by atoms with Crippen LogP contribution in [-0.4, -0.2) is 59.4 Å². The molecule has 0 atom stereocenters. The van der Waals surface area contributed by atoms with Gasteiger partial charge in [-0.25, -0.2) is 4.98 Å². The first-order valence-corrected chi connectivity index (χ1v) is 11.4. The first-order valence-electron chi connectivity index (χ1n) is 9.62. The third-order valence-electron chi connectivity index (χ3n) is 5.16. The lowest BCUT2D eigenvalue weighted by Gasteiger charge is -2.34. The Morgan fingerprint density at radius 1 is 1.07 bits per heavy atom. The molecule has 5 rings (SSSR count). The smallest absolute Gasteiger partial charge is 0.233 e. The minimum Gasteiger partial charge on any atom is -0.454 e. The highest BCUT2D eigenvalue weighted by Crippen LogP contribution is 2.33. The number of benzene rings is 2. The monoisotopic (exact) mass is 427 g/mol. The molecule has 0 radical (unpaired) electrons. The van der Waals surface area contributed by atoms with Crippen LogP contribution in [-0.2, 0) is 11.3 Å². The topological polar surface area (TPSA) is 54.9 Å². The number of thiazole rings is 1. The Morgan fingerprint density at radius 3 is 2.76 bits per heavy atom. The second-order valence-corrected chi connectivity index (χ2v) is 9.33. The molecule has 29 heavy (non-hydrogen) atoms.